The standard InChI is InChI=1S/C13H23NO5/c1-6-18-9-7-13(5,10(15)16)14(8-9)11(17)19-12(2,3)4/h9H,6-8H2,1-5H3,(H,15,16)/t9-,13+/m0/s1. The van der Waals surface area contributed by atoms with E-state index in [-0.39, 0.29) is 19.1 Å². The van der Waals surface area contributed by atoms with E-state index in [0.717, 1.165) is 0 Å². The molecule has 0 aliphatic carbocycles. The Morgan fingerprint density at radius 3 is 2.42 bits per heavy atom. The fraction of sp³-hybridized carbons (Fsp3) is 0.846. The molecule has 0 aromatic rings. The van der Waals surface area contributed by atoms with Gasteiger partial charge in [0.1, 0.15) is 11.1 Å². The molecular weight excluding hydrogens is 250 g/mol. The first kappa shape index (κ1) is 15.8. The minimum atomic E-state index is -1.28. The molecule has 0 aromatic heterocycles. The van der Waals surface area contributed by atoms with Crippen molar-refractivity contribution >= 4 is 12.1 Å². The van der Waals surface area contributed by atoms with Crippen molar-refractivity contribution in [3.8, 4) is 0 Å². The first-order valence-electron chi connectivity index (χ1n) is 6.46. The lowest BCUT2D eigenvalue weighted by Crippen LogP contribution is -2.52. The molecule has 6 nitrogen and oxygen atoms in total. The monoisotopic (exact) mass is 273 g/mol. The van der Waals surface area contributed by atoms with Gasteiger partial charge in [-0.25, -0.2) is 9.59 Å². The number of hydrogen-bond acceptors (Lipinski definition) is 4. The molecule has 1 N–H and O–H groups in total. The number of carbonyl (C=O) groups excluding carboxylic acids is 1. The van der Waals surface area contributed by atoms with E-state index in [9.17, 15) is 14.7 Å². The third kappa shape index (κ3) is 3.59. The van der Waals surface area contributed by atoms with Crippen LogP contribution in [-0.4, -0.2) is 52.5 Å². The van der Waals surface area contributed by atoms with Gasteiger partial charge in [-0.1, -0.05) is 0 Å². The molecule has 0 aromatic carbocycles. The summed E-state index contributed by atoms with van der Waals surface area (Å²) < 4.78 is 10.7. The van der Waals surface area contributed by atoms with E-state index in [1.165, 1.54) is 11.8 Å². The fourth-order valence-electron chi connectivity index (χ4n) is 2.17. The van der Waals surface area contributed by atoms with Crippen LogP contribution in [0.25, 0.3) is 0 Å². The third-order valence-corrected chi connectivity index (χ3v) is 3.08. The maximum atomic E-state index is 12.1. The predicted molar refractivity (Wildman–Crippen MR) is 69.0 cm³/mol. The van der Waals surface area contributed by atoms with Crippen LogP contribution < -0.4 is 0 Å². The zero-order chi connectivity index (χ0) is 14.8. The largest absolute Gasteiger partial charge is 0.480 e. The minimum Gasteiger partial charge on any atom is -0.480 e. The Morgan fingerprint density at radius 2 is 2.00 bits per heavy atom. The molecule has 1 rings (SSSR count). The van der Waals surface area contributed by atoms with Crippen LogP contribution >= 0.6 is 0 Å². The normalized spacial score (nSPS) is 27.4. The number of rotatable bonds is 3. The lowest BCUT2D eigenvalue weighted by molar-refractivity contribution is -0.148. The lowest BCUT2D eigenvalue weighted by Gasteiger charge is -2.32. The highest BCUT2D eigenvalue weighted by molar-refractivity contribution is 5.85. The van der Waals surface area contributed by atoms with E-state index in [1.54, 1.807) is 20.8 Å². The number of carboxylic acid groups (broad SMARTS) is 1. The van der Waals surface area contributed by atoms with Gasteiger partial charge in [-0.05, 0) is 34.6 Å². The summed E-state index contributed by atoms with van der Waals surface area (Å²) in [6.07, 6.45) is -0.603. The fourth-order valence-corrected chi connectivity index (χ4v) is 2.17. The van der Waals surface area contributed by atoms with E-state index in [0.29, 0.717) is 6.61 Å². The number of ether oxygens (including phenoxy) is 2. The Balaban J connectivity index is 2.89. The second kappa shape index (κ2) is 5.36. The zero-order valence-electron chi connectivity index (χ0n) is 12.2. The predicted octanol–water partition coefficient (Wildman–Crippen LogP) is 1.88. The third-order valence-electron chi connectivity index (χ3n) is 3.08. The number of aliphatic carboxylic acids is 1. The van der Waals surface area contributed by atoms with Crippen molar-refractivity contribution in [2.75, 3.05) is 13.2 Å². The molecule has 2 atom stereocenters. The van der Waals surface area contributed by atoms with Crippen LogP contribution in [0.15, 0.2) is 0 Å². The molecule has 1 aliphatic rings. The first-order valence-corrected chi connectivity index (χ1v) is 6.46. The Morgan fingerprint density at radius 1 is 1.42 bits per heavy atom. The lowest BCUT2D eigenvalue weighted by atomic mass is 9.99. The summed E-state index contributed by atoms with van der Waals surface area (Å²) in [6, 6.07) is 0. The van der Waals surface area contributed by atoms with Crippen molar-refractivity contribution in [2.24, 2.45) is 0 Å². The van der Waals surface area contributed by atoms with Crippen molar-refractivity contribution in [3.05, 3.63) is 0 Å². The Hall–Kier alpha value is -1.30. The van der Waals surface area contributed by atoms with Gasteiger partial charge in [-0.2, -0.15) is 0 Å². The second-order valence-electron chi connectivity index (χ2n) is 5.95. The van der Waals surface area contributed by atoms with Gasteiger partial charge in [-0.3, -0.25) is 4.90 Å². The first-order chi connectivity index (χ1) is 8.60. The highest BCUT2D eigenvalue weighted by Crippen LogP contribution is 2.32. The highest BCUT2D eigenvalue weighted by Gasteiger charge is 2.51. The van der Waals surface area contributed by atoms with Gasteiger partial charge < -0.3 is 14.6 Å². The Kier molecular flexibility index (Phi) is 4.45. The smallest absolute Gasteiger partial charge is 0.411 e. The molecule has 110 valence electrons. The molecule has 1 aliphatic heterocycles. The number of likely N-dealkylation sites (tertiary alicyclic amines) is 1. The molecule has 0 bridgehead atoms. The molecule has 1 fully saturated rings. The topological polar surface area (TPSA) is 76.1 Å². The van der Waals surface area contributed by atoms with E-state index < -0.39 is 23.2 Å². The number of carboxylic acids is 1. The molecule has 0 saturated carbocycles. The van der Waals surface area contributed by atoms with E-state index >= 15 is 0 Å². The van der Waals surface area contributed by atoms with Crippen molar-refractivity contribution in [1.29, 1.82) is 0 Å². The SMILES string of the molecule is CCO[C@@H]1CN(C(=O)OC(C)(C)C)[C@@](C)(C(=O)O)C1. The summed E-state index contributed by atoms with van der Waals surface area (Å²) in [5.41, 5.74) is -1.93. The molecule has 0 spiro atoms. The molecule has 1 saturated heterocycles. The van der Waals surface area contributed by atoms with E-state index in [1.807, 2.05) is 6.92 Å². The molecule has 0 radical (unpaired) electrons. The van der Waals surface area contributed by atoms with Crippen molar-refractivity contribution in [2.45, 2.75) is 58.3 Å². The quantitative estimate of drug-likeness (QED) is 0.849. The van der Waals surface area contributed by atoms with Gasteiger partial charge in [-0.15, -0.1) is 0 Å². The van der Waals surface area contributed by atoms with Crippen molar-refractivity contribution < 1.29 is 24.2 Å². The molecule has 6 heteroatoms. The summed E-state index contributed by atoms with van der Waals surface area (Å²) in [6.45, 7) is 9.35. The number of carbonyl (C=O) groups is 2. The molecular formula is C13H23NO5. The van der Waals surface area contributed by atoms with Gasteiger partial charge in [0, 0.05) is 13.0 Å². The van der Waals surface area contributed by atoms with Crippen molar-refractivity contribution in [1.82, 2.24) is 4.90 Å². The van der Waals surface area contributed by atoms with Crippen LogP contribution in [0.5, 0.6) is 0 Å². The summed E-state index contributed by atoms with van der Waals surface area (Å²) in [7, 11) is 0. The summed E-state index contributed by atoms with van der Waals surface area (Å²) >= 11 is 0. The van der Waals surface area contributed by atoms with Crippen LogP contribution in [0.1, 0.15) is 41.0 Å². The maximum Gasteiger partial charge on any atom is 0.411 e. The molecule has 1 amide bonds. The average Bonchev–Trinajstić information content (AvgIpc) is 2.55. The molecule has 19 heavy (non-hydrogen) atoms. The summed E-state index contributed by atoms with van der Waals surface area (Å²) in [5, 5.41) is 9.37. The van der Waals surface area contributed by atoms with Crippen LogP contribution in [0.2, 0.25) is 0 Å². The Bertz CT molecular complexity index is 363. The summed E-state index contributed by atoms with van der Waals surface area (Å²) in [4.78, 5) is 24.8. The minimum absolute atomic E-state index is 0.242. The maximum absolute atomic E-state index is 12.1. The van der Waals surface area contributed by atoms with Gasteiger partial charge in [0.2, 0.25) is 0 Å². The van der Waals surface area contributed by atoms with Crippen LogP contribution in [0, 0.1) is 0 Å². The van der Waals surface area contributed by atoms with Crippen LogP contribution in [0.3, 0.4) is 0 Å². The molecule has 0 unspecified atom stereocenters. The zero-order valence-corrected chi connectivity index (χ0v) is 12.2. The van der Waals surface area contributed by atoms with E-state index in [2.05, 4.69) is 0 Å². The van der Waals surface area contributed by atoms with Gasteiger partial charge in [0.05, 0.1) is 12.6 Å². The van der Waals surface area contributed by atoms with Gasteiger partial charge >= 0.3 is 12.1 Å². The van der Waals surface area contributed by atoms with Crippen LogP contribution in [-0.2, 0) is 14.3 Å². The number of hydrogen-bond donors (Lipinski definition) is 1. The van der Waals surface area contributed by atoms with Gasteiger partial charge in [0.25, 0.3) is 0 Å². The average molecular weight is 273 g/mol. The van der Waals surface area contributed by atoms with Crippen molar-refractivity contribution in [3.63, 3.8) is 0 Å². The Labute approximate surface area is 113 Å². The highest BCUT2D eigenvalue weighted by atomic mass is 16.6. The molecule has 1 heterocycles. The summed E-state index contributed by atoms with van der Waals surface area (Å²) in [5.74, 6) is -1.04. The van der Waals surface area contributed by atoms with Crippen LogP contribution in [0.4, 0.5) is 4.79 Å². The number of amides is 1. The van der Waals surface area contributed by atoms with E-state index in [4.69, 9.17) is 9.47 Å². The van der Waals surface area contributed by atoms with Gasteiger partial charge in [0.15, 0.2) is 0 Å². The second-order valence-corrected chi connectivity index (χ2v) is 5.95. The number of nitrogens with zero attached hydrogens (tertiary/aromatic N) is 1.